The van der Waals surface area contributed by atoms with Crippen LogP contribution >= 0.6 is 65.8 Å². The third-order valence-electron chi connectivity index (χ3n) is 2.39. The van der Waals surface area contributed by atoms with Crippen molar-refractivity contribution in [1.82, 2.24) is 0 Å². The predicted octanol–water partition coefficient (Wildman–Crippen LogP) is 5.15. The zero-order valence-electron chi connectivity index (χ0n) is 8.66. The predicted molar refractivity (Wildman–Crippen MR) is 87.5 cm³/mol. The molecule has 2 rings (SSSR count). The minimum absolute atomic E-state index is 0.464. The van der Waals surface area contributed by atoms with Gasteiger partial charge >= 0.3 is 0 Å². The van der Waals surface area contributed by atoms with Crippen molar-refractivity contribution in [3.8, 4) is 0 Å². The molecule has 2 aromatic rings. The van der Waals surface area contributed by atoms with E-state index in [1.54, 1.807) is 11.3 Å². The van der Waals surface area contributed by atoms with Crippen molar-refractivity contribution in [2.45, 2.75) is 12.5 Å². The highest BCUT2D eigenvalue weighted by atomic mass is 127. The Morgan fingerprint density at radius 1 is 1.29 bits per heavy atom. The van der Waals surface area contributed by atoms with Gasteiger partial charge in [-0.1, -0.05) is 15.9 Å². The van der Waals surface area contributed by atoms with Gasteiger partial charge in [0.1, 0.15) is 0 Å². The molecule has 17 heavy (non-hydrogen) atoms. The van der Waals surface area contributed by atoms with Crippen LogP contribution in [0.5, 0.6) is 0 Å². The fourth-order valence-corrected chi connectivity index (χ4v) is 4.15. The highest BCUT2D eigenvalue weighted by Crippen LogP contribution is 2.31. The molecule has 0 aliphatic carbocycles. The van der Waals surface area contributed by atoms with E-state index < -0.39 is 6.10 Å². The maximum absolute atomic E-state index is 10.3. The molecule has 0 bridgehead atoms. The molecule has 0 spiro atoms. The summed E-state index contributed by atoms with van der Waals surface area (Å²) in [4.78, 5) is 1.17. The van der Waals surface area contributed by atoms with Crippen molar-refractivity contribution >= 4 is 65.8 Å². The Bertz CT molecular complexity index is 527. The molecule has 0 saturated carbocycles. The smallest absolute Gasteiger partial charge is 0.0849 e. The van der Waals surface area contributed by atoms with Crippen molar-refractivity contribution < 1.29 is 5.11 Å². The van der Waals surface area contributed by atoms with Crippen molar-refractivity contribution in [3.63, 3.8) is 0 Å². The zero-order valence-corrected chi connectivity index (χ0v) is 14.8. The van der Waals surface area contributed by atoms with Crippen LogP contribution in [0.4, 0.5) is 0 Å². The molecule has 0 amide bonds. The molecule has 1 unspecified atom stereocenters. The van der Waals surface area contributed by atoms with Crippen LogP contribution in [0.1, 0.15) is 16.5 Å². The SMILES string of the molecule is OC(Cc1sccc1Br)c1cc(Br)ccc1I. The summed E-state index contributed by atoms with van der Waals surface area (Å²) < 4.78 is 3.16. The molecule has 1 heterocycles. The number of hydrogen-bond donors (Lipinski definition) is 1. The summed E-state index contributed by atoms with van der Waals surface area (Å²) in [7, 11) is 0. The molecule has 0 radical (unpaired) electrons. The van der Waals surface area contributed by atoms with Crippen LogP contribution in [-0.4, -0.2) is 5.11 Å². The summed E-state index contributed by atoms with van der Waals surface area (Å²) in [5.41, 5.74) is 0.972. The zero-order chi connectivity index (χ0) is 12.4. The first-order valence-corrected chi connectivity index (χ1v) is 8.47. The van der Waals surface area contributed by atoms with Crippen molar-refractivity contribution in [2.24, 2.45) is 0 Å². The molecule has 1 N–H and O–H groups in total. The van der Waals surface area contributed by atoms with Gasteiger partial charge in [0.2, 0.25) is 0 Å². The second-order valence-electron chi connectivity index (χ2n) is 3.58. The molecule has 1 aromatic carbocycles. The molecular weight excluding hydrogens is 479 g/mol. The molecule has 5 heteroatoms. The average molecular weight is 488 g/mol. The van der Waals surface area contributed by atoms with E-state index in [9.17, 15) is 5.11 Å². The summed E-state index contributed by atoms with van der Waals surface area (Å²) in [6.45, 7) is 0. The third kappa shape index (κ3) is 3.53. The fourth-order valence-electron chi connectivity index (χ4n) is 1.53. The Kier molecular flexibility index (Phi) is 5.06. The normalized spacial score (nSPS) is 12.7. The van der Waals surface area contributed by atoms with Gasteiger partial charge in [0, 0.05) is 23.8 Å². The molecule has 1 nitrogen and oxygen atoms in total. The van der Waals surface area contributed by atoms with Crippen LogP contribution in [-0.2, 0) is 6.42 Å². The van der Waals surface area contributed by atoms with Crippen molar-refractivity contribution in [1.29, 1.82) is 0 Å². The van der Waals surface area contributed by atoms with Gasteiger partial charge in [-0.05, 0) is 73.7 Å². The van der Waals surface area contributed by atoms with Gasteiger partial charge in [-0.2, -0.15) is 0 Å². The lowest BCUT2D eigenvalue weighted by molar-refractivity contribution is 0.178. The number of aliphatic hydroxyl groups excluding tert-OH is 1. The van der Waals surface area contributed by atoms with E-state index >= 15 is 0 Å². The lowest BCUT2D eigenvalue weighted by Crippen LogP contribution is -2.03. The van der Waals surface area contributed by atoms with Gasteiger partial charge < -0.3 is 5.11 Å². The standard InChI is InChI=1S/C12H9Br2IOS/c13-7-1-2-10(15)8(5-7)11(16)6-12-9(14)3-4-17-12/h1-5,11,16H,6H2. The molecule has 1 atom stereocenters. The monoisotopic (exact) mass is 486 g/mol. The van der Waals surface area contributed by atoms with Gasteiger partial charge in [0.25, 0.3) is 0 Å². The lowest BCUT2D eigenvalue weighted by atomic mass is 10.1. The number of thiophene rings is 1. The van der Waals surface area contributed by atoms with Gasteiger partial charge in [-0.25, -0.2) is 0 Å². The van der Waals surface area contributed by atoms with Gasteiger partial charge in [0.05, 0.1) is 6.10 Å². The molecule has 0 aliphatic heterocycles. The second-order valence-corrected chi connectivity index (χ2v) is 7.51. The summed E-state index contributed by atoms with van der Waals surface area (Å²) in [5, 5.41) is 12.3. The Morgan fingerprint density at radius 3 is 2.71 bits per heavy atom. The molecule has 1 aromatic heterocycles. The number of hydrogen-bond acceptors (Lipinski definition) is 2. The van der Waals surface area contributed by atoms with E-state index in [0.717, 1.165) is 18.1 Å². The second kappa shape index (κ2) is 6.14. The average Bonchev–Trinajstić information content (AvgIpc) is 2.68. The lowest BCUT2D eigenvalue weighted by Gasteiger charge is -2.12. The van der Waals surface area contributed by atoms with E-state index in [1.165, 1.54) is 4.88 Å². The maximum atomic E-state index is 10.3. The van der Waals surface area contributed by atoms with E-state index in [2.05, 4.69) is 54.5 Å². The van der Waals surface area contributed by atoms with E-state index in [-0.39, 0.29) is 0 Å². The molecule has 0 aliphatic rings. The van der Waals surface area contributed by atoms with Gasteiger partial charge in [-0.3, -0.25) is 0 Å². The van der Waals surface area contributed by atoms with E-state index in [0.29, 0.717) is 6.42 Å². The summed E-state index contributed by atoms with van der Waals surface area (Å²) >= 11 is 10.8. The topological polar surface area (TPSA) is 20.2 Å². The Morgan fingerprint density at radius 2 is 2.06 bits per heavy atom. The molecule has 0 saturated heterocycles. The van der Waals surface area contributed by atoms with Crippen LogP contribution in [0.3, 0.4) is 0 Å². The van der Waals surface area contributed by atoms with Crippen molar-refractivity contribution in [3.05, 3.63) is 52.6 Å². The number of aliphatic hydroxyl groups is 1. The largest absolute Gasteiger partial charge is 0.388 e. The highest BCUT2D eigenvalue weighted by Gasteiger charge is 2.14. The minimum atomic E-state index is -0.464. The summed E-state index contributed by atoms with van der Waals surface area (Å²) in [6.07, 6.45) is 0.180. The van der Waals surface area contributed by atoms with Gasteiger partial charge in [0.15, 0.2) is 0 Å². The van der Waals surface area contributed by atoms with E-state index in [1.807, 2.05) is 29.6 Å². The number of halogens is 3. The number of rotatable bonds is 3. The Hall–Kier alpha value is 0.570. The highest BCUT2D eigenvalue weighted by molar-refractivity contribution is 14.1. The van der Waals surface area contributed by atoms with Crippen LogP contribution < -0.4 is 0 Å². The molecular formula is C12H9Br2IOS. The van der Waals surface area contributed by atoms with Gasteiger partial charge in [-0.15, -0.1) is 11.3 Å². The molecule has 0 fully saturated rings. The third-order valence-corrected chi connectivity index (χ3v) is 5.81. The van der Waals surface area contributed by atoms with Crippen LogP contribution in [0, 0.1) is 3.57 Å². The van der Waals surface area contributed by atoms with Crippen molar-refractivity contribution in [2.75, 3.05) is 0 Å². The Balaban J connectivity index is 2.23. The van der Waals surface area contributed by atoms with Crippen LogP contribution in [0.2, 0.25) is 0 Å². The summed E-state index contributed by atoms with van der Waals surface area (Å²) in [6, 6.07) is 7.98. The minimum Gasteiger partial charge on any atom is -0.388 e. The number of benzene rings is 1. The Labute approximate surface area is 135 Å². The quantitative estimate of drug-likeness (QED) is 0.593. The first-order valence-electron chi connectivity index (χ1n) is 4.93. The first kappa shape index (κ1) is 14.0. The van der Waals surface area contributed by atoms with Crippen LogP contribution in [0.15, 0.2) is 38.6 Å². The van der Waals surface area contributed by atoms with Crippen LogP contribution in [0.25, 0.3) is 0 Å². The molecule has 90 valence electrons. The van der Waals surface area contributed by atoms with E-state index in [4.69, 9.17) is 0 Å². The fraction of sp³-hybridized carbons (Fsp3) is 0.167. The maximum Gasteiger partial charge on any atom is 0.0849 e. The summed E-state index contributed by atoms with van der Waals surface area (Å²) in [5.74, 6) is 0. The first-order chi connectivity index (χ1) is 8.08.